The molecule has 0 aliphatic carbocycles. The number of piperidine rings is 1. The zero-order chi connectivity index (χ0) is 19.6. The largest absolute Gasteiger partial charge is 0.379 e. The molecule has 0 bridgehead atoms. The van der Waals surface area contributed by atoms with Crippen molar-refractivity contribution in [3.63, 3.8) is 0 Å². The lowest BCUT2D eigenvalue weighted by Gasteiger charge is -2.36. The smallest absolute Gasteiger partial charge is 0.282 e. The van der Waals surface area contributed by atoms with E-state index in [-0.39, 0.29) is 5.92 Å². The summed E-state index contributed by atoms with van der Waals surface area (Å²) < 4.78 is 34.4. The predicted octanol–water partition coefficient (Wildman–Crippen LogP) is 2.35. The molecular weight excluding hydrogens is 398 g/mol. The number of morpholine rings is 1. The van der Waals surface area contributed by atoms with Crippen LogP contribution in [0.5, 0.6) is 0 Å². The Bertz CT molecular complexity index is 911. The number of ether oxygens (including phenoxy) is 1. The van der Waals surface area contributed by atoms with Crippen molar-refractivity contribution in [2.75, 3.05) is 44.7 Å². The summed E-state index contributed by atoms with van der Waals surface area (Å²) in [6, 6.07) is 5.85. The van der Waals surface area contributed by atoms with Gasteiger partial charge in [-0.2, -0.15) is 17.0 Å². The lowest BCUT2D eigenvalue weighted by Crippen LogP contribution is -2.51. The molecule has 2 aromatic rings. The van der Waals surface area contributed by atoms with E-state index < -0.39 is 10.2 Å². The highest BCUT2D eigenvalue weighted by Crippen LogP contribution is 2.29. The highest BCUT2D eigenvalue weighted by molar-refractivity contribution is 7.86. The summed E-state index contributed by atoms with van der Waals surface area (Å²) in [4.78, 5) is 10.2. The van der Waals surface area contributed by atoms with Gasteiger partial charge in [0, 0.05) is 48.9 Å². The maximum atomic E-state index is 13.0. The van der Waals surface area contributed by atoms with Gasteiger partial charge in [-0.15, -0.1) is 11.3 Å². The van der Waals surface area contributed by atoms with Gasteiger partial charge in [-0.05, 0) is 31.9 Å². The Hall–Kier alpha value is -1.59. The van der Waals surface area contributed by atoms with Crippen LogP contribution >= 0.6 is 11.3 Å². The van der Waals surface area contributed by atoms with Crippen LogP contribution in [-0.4, -0.2) is 66.4 Å². The Balaban J connectivity index is 1.47. The Morgan fingerprint density at radius 1 is 1.21 bits per heavy atom. The lowest BCUT2D eigenvalue weighted by atomic mass is 9.96. The van der Waals surface area contributed by atoms with Crippen LogP contribution in [0.3, 0.4) is 0 Å². The summed E-state index contributed by atoms with van der Waals surface area (Å²) in [6.45, 7) is 4.81. The molecule has 10 heteroatoms. The van der Waals surface area contributed by atoms with Gasteiger partial charge in [-0.1, -0.05) is 6.07 Å². The SMILES string of the molecule is Cc1cnc(Nc2cccc([C@@H]3CCCN(S(=O)(=O)N4CCOCC4)C3)n2)s1. The molecule has 1 atom stereocenters. The summed E-state index contributed by atoms with van der Waals surface area (Å²) in [6.07, 6.45) is 3.59. The Morgan fingerprint density at radius 3 is 2.79 bits per heavy atom. The number of aromatic nitrogens is 2. The van der Waals surface area contributed by atoms with Crippen LogP contribution in [0.1, 0.15) is 29.3 Å². The molecule has 28 heavy (non-hydrogen) atoms. The highest BCUT2D eigenvalue weighted by Gasteiger charge is 2.35. The van der Waals surface area contributed by atoms with Crippen molar-refractivity contribution in [2.45, 2.75) is 25.7 Å². The van der Waals surface area contributed by atoms with Crippen LogP contribution < -0.4 is 5.32 Å². The number of nitrogens with one attached hydrogen (secondary N) is 1. The molecule has 4 rings (SSSR count). The van der Waals surface area contributed by atoms with Gasteiger partial charge in [0.2, 0.25) is 0 Å². The zero-order valence-corrected chi connectivity index (χ0v) is 17.5. The second kappa shape index (κ2) is 8.42. The quantitative estimate of drug-likeness (QED) is 0.794. The fourth-order valence-corrected chi connectivity index (χ4v) is 5.94. The molecule has 0 aromatic carbocycles. The average molecular weight is 424 g/mol. The van der Waals surface area contributed by atoms with Gasteiger partial charge < -0.3 is 10.1 Å². The minimum atomic E-state index is -3.45. The van der Waals surface area contributed by atoms with E-state index in [2.05, 4.69) is 10.3 Å². The lowest BCUT2D eigenvalue weighted by molar-refractivity contribution is 0.0695. The number of rotatable bonds is 5. The van der Waals surface area contributed by atoms with E-state index in [9.17, 15) is 8.42 Å². The molecule has 2 fully saturated rings. The van der Waals surface area contributed by atoms with Crippen molar-refractivity contribution in [3.05, 3.63) is 35.0 Å². The van der Waals surface area contributed by atoms with Crippen molar-refractivity contribution in [1.82, 2.24) is 18.6 Å². The molecule has 2 aromatic heterocycles. The first kappa shape index (κ1) is 19.7. The highest BCUT2D eigenvalue weighted by atomic mass is 32.2. The van der Waals surface area contributed by atoms with Crippen LogP contribution in [-0.2, 0) is 14.9 Å². The standard InChI is InChI=1S/C18H25N5O3S2/c1-14-12-19-18(27-14)21-17-6-2-5-16(20-17)15-4-3-7-23(13-15)28(24,25)22-8-10-26-11-9-22/h2,5-6,12,15H,3-4,7-11,13H2,1H3,(H,19,20,21)/t15-/m1/s1. The summed E-state index contributed by atoms with van der Waals surface area (Å²) >= 11 is 1.58. The maximum absolute atomic E-state index is 13.0. The summed E-state index contributed by atoms with van der Waals surface area (Å²) in [7, 11) is -3.45. The summed E-state index contributed by atoms with van der Waals surface area (Å²) in [5.74, 6) is 0.823. The van der Waals surface area contributed by atoms with Crippen LogP contribution in [0.2, 0.25) is 0 Å². The monoisotopic (exact) mass is 423 g/mol. The van der Waals surface area contributed by atoms with E-state index >= 15 is 0 Å². The van der Waals surface area contributed by atoms with Crippen molar-refractivity contribution in [2.24, 2.45) is 0 Å². The molecule has 4 heterocycles. The Labute approximate surface area is 169 Å². The molecule has 2 aliphatic rings. The second-order valence-corrected chi connectivity index (χ2v) is 10.2. The minimum Gasteiger partial charge on any atom is -0.379 e. The molecule has 2 saturated heterocycles. The van der Waals surface area contributed by atoms with Crippen molar-refractivity contribution in [1.29, 1.82) is 0 Å². The van der Waals surface area contributed by atoms with E-state index in [4.69, 9.17) is 9.72 Å². The zero-order valence-electron chi connectivity index (χ0n) is 15.9. The molecule has 8 nitrogen and oxygen atoms in total. The summed E-state index contributed by atoms with van der Waals surface area (Å²) in [5, 5.41) is 4.05. The van der Waals surface area contributed by atoms with Gasteiger partial charge >= 0.3 is 0 Å². The molecule has 0 unspecified atom stereocenters. The topological polar surface area (TPSA) is 87.7 Å². The van der Waals surface area contributed by atoms with Gasteiger partial charge in [0.25, 0.3) is 10.2 Å². The first-order valence-corrected chi connectivity index (χ1v) is 11.7. The molecular formula is C18H25N5O3S2. The Kier molecular flexibility index (Phi) is 5.93. The molecule has 0 amide bonds. The number of nitrogens with zero attached hydrogens (tertiary/aromatic N) is 4. The molecule has 2 aliphatic heterocycles. The van der Waals surface area contributed by atoms with Gasteiger partial charge in [-0.25, -0.2) is 9.97 Å². The third kappa shape index (κ3) is 4.36. The third-order valence-corrected chi connectivity index (χ3v) is 7.88. The molecule has 0 radical (unpaired) electrons. The van der Waals surface area contributed by atoms with Crippen LogP contribution in [0.15, 0.2) is 24.4 Å². The second-order valence-electron chi connectivity index (χ2n) is 7.07. The third-order valence-electron chi connectivity index (χ3n) is 5.05. The first-order chi connectivity index (χ1) is 13.5. The van der Waals surface area contributed by atoms with Gasteiger partial charge in [0.15, 0.2) is 5.13 Å². The van der Waals surface area contributed by atoms with E-state index in [0.29, 0.717) is 39.4 Å². The molecule has 0 spiro atoms. The van der Waals surface area contributed by atoms with Gasteiger partial charge in [0.1, 0.15) is 5.82 Å². The van der Waals surface area contributed by atoms with Crippen molar-refractivity contribution in [3.8, 4) is 0 Å². The van der Waals surface area contributed by atoms with Crippen molar-refractivity contribution >= 4 is 32.5 Å². The first-order valence-electron chi connectivity index (χ1n) is 9.52. The predicted molar refractivity (Wildman–Crippen MR) is 109 cm³/mol. The normalized spacial score (nSPS) is 22.2. The van der Waals surface area contributed by atoms with E-state index in [1.54, 1.807) is 15.6 Å². The van der Waals surface area contributed by atoms with E-state index in [1.165, 1.54) is 4.31 Å². The fourth-order valence-electron chi connectivity index (χ4n) is 3.60. The Morgan fingerprint density at radius 2 is 2.04 bits per heavy atom. The fraction of sp³-hybridized carbons (Fsp3) is 0.556. The number of anilines is 2. The number of hydrogen-bond donors (Lipinski definition) is 1. The van der Waals surface area contributed by atoms with Gasteiger partial charge in [-0.3, -0.25) is 0 Å². The maximum Gasteiger partial charge on any atom is 0.282 e. The molecule has 0 saturated carbocycles. The van der Waals surface area contributed by atoms with E-state index in [1.807, 2.05) is 31.3 Å². The van der Waals surface area contributed by atoms with Gasteiger partial charge in [0.05, 0.1) is 13.2 Å². The van der Waals surface area contributed by atoms with Crippen LogP contribution in [0.4, 0.5) is 10.9 Å². The van der Waals surface area contributed by atoms with E-state index in [0.717, 1.165) is 34.4 Å². The average Bonchev–Trinajstić information content (AvgIpc) is 3.13. The molecule has 152 valence electrons. The number of aryl methyl sites for hydroxylation is 1. The number of thiazole rings is 1. The molecule has 1 N–H and O–H groups in total. The summed E-state index contributed by atoms with van der Waals surface area (Å²) in [5.41, 5.74) is 0.917. The number of hydrogen-bond acceptors (Lipinski definition) is 7. The minimum absolute atomic E-state index is 0.0874. The van der Waals surface area contributed by atoms with Crippen LogP contribution in [0, 0.1) is 6.92 Å². The number of pyridine rings is 1. The van der Waals surface area contributed by atoms with Crippen LogP contribution in [0.25, 0.3) is 0 Å². The van der Waals surface area contributed by atoms with Crippen molar-refractivity contribution < 1.29 is 13.2 Å².